The number of pyridine rings is 1. The normalized spacial score (nSPS) is 18.5. The van der Waals surface area contributed by atoms with Crippen molar-refractivity contribution in [2.24, 2.45) is 5.92 Å². The molecule has 0 spiro atoms. The van der Waals surface area contributed by atoms with E-state index in [0.29, 0.717) is 33.1 Å². The lowest BCUT2D eigenvalue weighted by molar-refractivity contribution is -0.360. The van der Waals surface area contributed by atoms with Crippen LogP contribution in [0.1, 0.15) is 11.6 Å². The second kappa shape index (κ2) is 6.98. The van der Waals surface area contributed by atoms with Crippen molar-refractivity contribution in [2.75, 3.05) is 10.6 Å². The molecule has 0 saturated heterocycles. The molecule has 4 rings (SSSR count). The van der Waals surface area contributed by atoms with E-state index in [2.05, 4.69) is 37.7 Å². The van der Waals surface area contributed by atoms with E-state index in [0.717, 1.165) is 0 Å². The summed E-state index contributed by atoms with van der Waals surface area (Å²) in [5.41, 5.74) is 1.12. The average molecular weight is 403 g/mol. The fraction of sp³-hybridized carbons (Fsp3) is 0.118. The number of aromatic amines is 1. The van der Waals surface area contributed by atoms with Crippen molar-refractivity contribution < 1.29 is 9.78 Å². The molecule has 0 radical (unpaired) electrons. The lowest BCUT2D eigenvalue weighted by Crippen LogP contribution is -2.40. The first kappa shape index (κ1) is 17.4. The predicted octanol–water partition coefficient (Wildman–Crippen LogP) is 2.58. The number of carbonyl (C=O) groups excluding carboxylic acids is 1. The first-order valence-corrected chi connectivity index (χ1v) is 8.76. The molecule has 2 aromatic heterocycles. The third-order valence-corrected chi connectivity index (χ3v) is 4.81. The number of carbonyl (C=O) groups is 1. The van der Waals surface area contributed by atoms with E-state index < -0.39 is 12.0 Å². The monoisotopic (exact) mass is 402 g/mol. The van der Waals surface area contributed by atoms with Crippen LogP contribution in [-0.2, 0) is 4.79 Å². The average Bonchev–Trinajstić information content (AvgIpc) is 3.09. The summed E-state index contributed by atoms with van der Waals surface area (Å²) in [5, 5.41) is 18.4. The van der Waals surface area contributed by atoms with Gasteiger partial charge in [0.25, 0.3) is 5.82 Å². The molecular formula is C17H14Cl2N7O+. The zero-order chi connectivity index (χ0) is 19.0. The van der Waals surface area contributed by atoms with Crippen LogP contribution < -0.4 is 15.6 Å². The number of amides is 1. The molecule has 1 aromatic carbocycles. The zero-order valence-electron chi connectivity index (χ0n) is 13.9. The number of hydrogen-bond donors (Lipinski definition) is 2. The number of aromatic nitrogens is 5. The van der Waals surface area contributed by atoms with Gasteiger partial charge in [-0.25, -0.2) is 19.8 Å². The van der Waals surface area contributed by atoms with E-state index in [1.54, 1.807) is 30.5 Å². The fourth-order valence-corrected chi connectivity index (χ4v) is 3.57. The molecular weight excluding hydrogens is 389 g/mol. The van der Waals surface area contributed by atoms with Crippen LogP contribution >= 0.6 is 23.2 Å². The Hall–Kier alpha value is -2.97. The second-order valence-electron chi connectivity index (χ2n) is 5.95. The summed E-state index contributed by atoms with van der Waals surface area (Å²) in [4.78, 5) is 16.1. The molecule has 10 heteroatoms. The highest BCUT2D eigenvalue weighted by Crippen LogP contribution is 2.40. The molecule has 1 aliphatic heterocycles. The highest BCUT2D eigenvalue weighted by molar-refractivity contribution is 6.35. The van der Waals surface area contributed by atoms with Crippen LogP contribution in [0.15, 0.2) is 54.9 Å². The molecule has 0 bridgehead atoms. The van der Waals surface area contributed by atoms with E-state index in [9.17, 15) is 4.79 Å². The van der Waals surface area contributed by atoms with Crippen LogP contribution in [0.4, 0.5) is 11.8 Å². The van der Waals surface area contributed by atoms with Crippen molar-refractivity contribution in [2.45, 2.75) is 6.04 Å². The summed E-state index contributed by atoms with van der Waals surface area (Å²) in [7, 11) is 0. The van der Waals surface area contributed by atoms with Crippen molar-refractivity contribution in [3.8, 4) is 0 Å². The SMILES string of the molecule is C=C1Nc2nnnn2C(c2ccc(Cl)cc2Cl)C1C(=O)Nc1cccc[nH+]1. The molecule has 2 atom stereocenters. The summed E-state index contributed by atoms with van der Waals surface area (Å²) in [6.45, 7) is 4.00. The van der Waals surface area contributed by atoms with Gasteiger partial charge in [-0.15, -0.1) is 0 Å². The first-order valence-electron chi connectivity index (χ1n) is 8.01. The smallest absolute Gasteiger partial charge is 0.319 e. The Morgan fingerprint density at radius 1 is 1.30 bits per heavy atom. The van der Waals surface area contributed by atoms with E-state index in [-0.39, 0.29) is 5.91 Å². The van der Waals surface area contributed by atoms with Gasteiger partial charge in [0.1, 0.15) is 12.0 Å². The number of halogens is 2. The minimum absolute atomic E-state index is 0.285. The van der Waals surface area contributed by atoms with Crippen LogP contribution in [0.2, 0.25) is 10.0 Å². The minimum atomic E-state index is -0.715. The number of nitrogens with zero attached hydrogens (tertiary/aromatic N) is 4. The van der Waals surface area contributed by atoms with Gasteiger partial charge in [-0.3, -0.25) is 0 Å². The van der Waals surface area contributed by atoms with Gasteiger partial charge in [-0.2, -0.15) is 0 Å². The molecule has 136 valence electrons. The summed E-state index contributed by atoms with van der Waals surface area (Å²) in [6.07, 6.45) is 1.72. The van der Waals surface area contributed by atoms with Gasteiger partial charge in [0.15, 0.2) is 0 Å². The van der Waals surface area contributed by atoms with Crippen LogP contribution in [0.3, 0.4) is 0 Å². The number of rotatable bonds is 3. The minimum Gasteiger partial charge on any atom is -0.326 e. The number of tetrazole rings is 1. The molecule has 1 amide bonds. The quantitative estimate of drug-likeness (QED) is 0.701. The first-order chi connectivity index (χ1) is 13.0. The fourth-order valence-electron chi connectivity index (χ4n) is 3.05. The van der Waals surface area contributed by atoms with Gasteiger partial charge in [-0.1, -0.05) is 47.0 Å². The zero-order valence-corrected chi connectivity index (χ0v) is 15.4. The highest BCUT2D eigenvalue weighted by atomic mass is 35.5. The molecule has 8 nitrogen and oxygen atoms in total. The largest absolute Gasteiger partial charge is 0.326 e. The Morgan fingerprint density at radius 2 is 2.15 bits per heavy atom. The summed E-state index contributed by atoms with van der Waals surface area (Å²) >= 11 is 12.4. The molecule has 27 heavy (non-hydrogen) atoms. The molecule has 3 N–H and O–H groups in total. The van der Waals surface area contributed by atoms with Crippen LogP contribution in [0.5, 0.6) is 0 Å². The third kappa shape index (κ3) is 3.24. The molecule has 3 heterocycles. The molecule has 0 fully saturated rings. The standard InChI is InChI=1S/C17H13Cl2N7O/c1-9-14(16(27)22-13-4-2-3-7-20-13)15(26-17(21-9)23-24-25-26)11-6-5-10(18)8-12(11)19/h2-8,14-15H,1H2,(H,20,22,27)(H,21,23,25)/p+1. The van der Waals surface area contributed by atoms with Crippen molar-refractivity contribution in [1.82, 2.24) is 20.2 Å². The van der Waals surface area contributed by atoms with E-state index in [1.807, 2.05) is 12.1 Å². The Balaban J connectivity index is 1.78. The number of fused-ring (bicyclic) bond motifs is 1. The lowest BCUT2D eigenvalue weighted by Gasteiger charge is -2.32. The summed E-state index contributed by atoms with van der Waals surface area (Å²) < 4.78 is 1.52. The Morgan fingerprint density at radius 3 is 2.89 bits per heavy atom. The number of nitrogens with one attached hydrogen (secondary N) is 3. The van der Waals surface area contributed by atoms with Gasteiger partial charge >= 0.3 is 5.91 Å². The van der Waals surface area contributed by atoms with Crippen LogP contribution in [0.25, 0.3) is 0 Å². The van der Waals surface area contributed by atoms with Gasteiger partial charge in [0, 0.05) is 21.8 Å². The van der Waals surface area contributed by atoms with Crippen LogP contribution in [0, 0.1) is 5.92 Å². The summed E-state index contributed by atoms with van der Waals surface area (Å²) in [6, 6.07) is 9.88. The molecule has 1 aliphatic rings. The van der Waals surface area contributed by atoms with Gasteiger partial charge < -0.3 is 5.32 Å². The van der Waals surface area contributed by atoms with Gasteiger partial charge in [0.2, 0.25) is 5.95 Å². The summed E-state index contributed by atoms with van der Waals surface area (Å²) in [5.74, 6) is -0.0643. The van der Waals surface area contributed by atoms with Gasteiger partial charge in [0.05, 0.1) is 6.20 Å². The molecule has 3 aromatic rings. The predicted molar refractivity (Wildman–Crippen MR) is 100 cm³/mol. The second-order valence-corrected chi connectivity index (χ2v) is 6.79. The Bertz CT molecular complexity index is 1020. The van der Waals surface area contributed by atoms with Crippen molar-refractivity contribution >= 4 is 40.9 Å². The lowest BCUT2D eigenvalue weighted by atomic mass is 9.88. The number of H-pyrrole nitrogens is 1. The van der Waals surface area contributed by atoms with Gasteiger partial charge in [-0.05, 0) is 34.2 Å². The van der Waals surface area contributed by atoms with E-state index in [1.165, 1.54) is 4.68 Å². The maximum absolute atomic E-state index is 13.1. The number of benzene rings is 1. The number of hydrogen-bond acceptors (Lipinski definition) is 5. The third-order valence-electron chi connectivity index (χ3n) is 4.25. The van der Waals surface area contributed by atoms with Crippen molar-refractivity contribution in [3.63, 3.8) is 0 Å². The highest BCUT2D eigenvalue weighted by Gasteiger charge is 2.43. The van der Waals surface area contributed by atoms with E-state index >= 15 is 0 Å². The topological polar surface area (TPSA) is 98.9 Å². The maximum atomic E-state index is 13.1. The maximum Gasteiger partial charge on any atom is 0.319 e. The van der Waals surface area contributed by atoms with Crippen molar-refractivity contribution in [1.29, 1.82) is 0 Å². The molecule has 0 saturated carbocycles. The Labute approximate surface area is 164 Å². The van der Waals surface area contributed by atoms with E-state index in [4.69, 9.17) is 23.2 Å². The van der Waals surface area contributed by atoms with Crippen LogP contribution in [-0.4, -0.2) is 26.1 Å². The number of anilines is 2. The van der Waals surface area contributed by atoms with Crippen molar-refractivity contribution in [3.05, 3.63) is 70.5 Å². The Kier molecular flexibility index (Phi) is 4.51. The molecule has 0 aliphatic carbocycles. The molecule has 2 unspecified atom stereocenters.